The van der Waals surface area contributed by atoms with Gasteiger partial charge in [-0.25, -0.2) is 4.68 Å². The van der Waals surface area contributed by atoms with Crippen LogP contribution in [0.2, 0.25) is 0 Å². The maximum Gasteiger partial charge on any atom is 0.321 e. The summed E-state index contributed by atoms with van der Waals surface area (Å²) < 4.78 is 9.18. The molecule has 0 unspecified atom stereocenters. The largest absolute Gasteiger partial charge is 0.455 e. The fourth-order valence-electron chi connectivity index (χ4n) is 1.86. The number of hydrogen-bond donors (Lipinski definition) is 0. The molecule has 3 aromatic heterocycles. The molecule has 0 fully saturated rings. The normalized spacial score (nSPS) is 11.1. The Morgan fingerprint density at radius 2 is 2.15 bits per heavy atom. The summed E-state index contributed by atoms with van der Waals surface area (Å²) in [6, 6.07) is 6.10. The minimum absolute atomic E-state index is 0.270. The molecule has 0 aliphatic rings. The zero-order valence-corrected chi connectivity index (χ0v) is 11.2. The summed E-state index contributed by atoms with van der Waals surface area (Å²) in [6.07, 6.45) is 3.98. The zero-order chi connectivity index (χ0) is 13.8. The molecule has 0 radical (unpaired) electrons. The van der Waals surface area contributed by atoms with E-state index in [9.17, 15) is 0 Å². The maximum absolute atomic E-state index is 5.65. The zero-order valence-electron chi connectivity index (χ0n) is 11.2. The molecule has 0 atom stereocenters. The molecule has 0 spiro atoms. The number of unbranched alkanes of at least 4 members (excludes halogenated alkanes) is 1. The molecule has 3 heterocycles. The minimum atomic E-state index is 0.270. The molecule has 0 saturated carbocycles. The predicted octanol–water partition coefficient (Wildman–Crippen LogP) is 1.09. The summed E-state index contributed by atoms with van der Waals surface area (Å²) in [6.45, 7) is 3.19. The number of tetrazole rings is 1. The van der Waals surface area contributed by atoms with Gasteiger partial charge in [0.25, 0.3) is 0 Å². The number of ether oxygens (including phenoxy) is 1. The Labute approximate surface area is 115 Å². The van der Waals surface area contributed by atoms with Crippen molar-refractivity contribution >= 4 is 5.65 Å². The van der Waals surface area contributed by atoms with Gasteiger partial charge in [0.05, 0.1) is 0 Å². The van der Waals surface area contributed by atoms with Crippen molar-refractivity contribution in [2.75, 3.05) is 0 Å². The van der Waals surface area contributed by atoms with Crippen LogP contribution >= 0.6 is 0 Å². The van der Waals surface area contributed by atoms with E-state index < -0.39 is 0 Å². The van der Waals surface area contributed by atoms with Crippen molar-refractivity contribution in [3.8, 4) is 6.01 Å². The molecule has 8 heteroatoms. The van der Waals surface area contributed by atoms with Crippen LogP contribution in [-0.4, -0.2) is 34.8 Å². The van der Waals surface area contributed by atoms with Gasteiger partial charge in [-0.15, -0.1) is 10.2 Å². The lowest BCUT2D eigenvalue weighted by Crippen LogP contribution is -2.09. The highest BCUT2D eigenvalue weighted by Crippen LogP contribution is 2.11. The molecule has 0 aliphatic heterocycles. The lowest BCUT2D eigenvalue weighted by atomic mass is 10.3. The first kappa shape index (κ1) is 12.5. The van der Waals surface area contributed by atoms with Gasteiger partial charge in [-0.2, -0.15) is 0 Å². The lowest BCUT2D eigenvalue weighted by Gasteiger charge is -2.04. The molecular formula is C12H15N7O. The summed E-state index contributed by atoms with van der Waals surface area (Å²) in [4.78, 5) is 0. The van der Waals surface area contributed by atoms with Gasteiger partial charge in [0.15, 0.2) is 18.1 Å². The Balaban J connectivity index is 1.72. The number of rotatable bonds is 6. The highest BCUT2D eigenvalue weighted by atomic mass is 16.5. The average Bonchev–Trinajstić information content (AvgIpc) is 3.09. The molecule has 0 aliphatic carbocycles. The van der Waals surface area contributed by atoms with Crippen molar-refractivity contribution in [3.05, 3.63) is 30.2 Å². The van der Waals surface area contributed by atoms with Gasteiger partial charge >= 0.3 is 6.01 Å². The van der Waals surface area contributed by atoms with Gasteiger partial charge in [-0.05, 0) is 29.0 Å². The highest BCUT2D eigenvalue weighted by Gasteiger charge is 2.10. The predicted molar refractivity (Wildman–Crippen MR) is 70.0 cm³/mol. The van der Waals surface area contributed by atoms with Crippen LogP contribution < -0.4 is 4.74 Å². The maximum atomic E-state index is 5.65. The van der Waals surface area contributed by atoms with E-state index in [4.69, 9.17) is 4.74 Å². The molecule has 20 heavy (non-hydrogen) atoms. The topological polar surface area (TPSA) is 83.0 Å². The molecule has 0 bridgehead atoms. The average molecular weight is 273 g/mol. The van der Waals surface area contributed by atoms with E-state index in [0.29, 0.717) is 11.8 Å². The summed E-state index contributed by atoms with van der Waals surface area (Å²) in [7, 11) is 0. The van der Waals surface area contributed by atoms with E-state index in [1.54, 1.807) is 9.08 Å². The SMILES string of the molecule is CCCCn1nnnc1COc1nnc2ccccn12. The molecule has 0 aromatic carbocycles. The molecule has 0 N–H and O–H groups in total. The fraction of sp³-hybridized carbons (Fsp3) is 0.417. The van der Waals surface area contributed by atoms with Crippen LogP contribution in [-0.2, 0) is 13.2 Å². The van der Waals surface area contributed by atoms with Gasteiger partial charge in [0.2, 0.25) is 0 Å². The highest BCUT2D eigenvalue weighted by molar-refractivity contribution is 5.38. The van der Waals surface area contributed by atoms with Crippen molar-refractivity contribution in [2.45, 2.75) is 32.9 Å². The van der Waals surface area contributed by atoms with Crippen LogP contribution in [0.4, 0.5) is 0 Å². The van der Waals surface area contributed by atoms with E-state index in [1.807, 2.05) is 24.4 Å². The van der Waals surface area contributed by atoms with Crippen LogP contribution in [0.15, 0.2) is 24.4 Å². The molecule has 0 saturated heterocycles. The number of fused-ring (bicyclic) bond motifs is 1. The quantitative estimate of drug-likeness (QED) is 0.668. The Morgan fingerprint density at radius 3 is 3.05 bits per heavy atom. The van der Waals surface area contributed by atoms with Crippen LogP contribution in [0.1, 0.15) is 25.6 Å². The second kappa shape index (κ2) is 5.64. The van der Waals surface area contributed by atoms with Crippen molar-refractivity contribution in [3.63, 3.8) is 0 Å². The number of aryl methyl sites for hydroxylation is 1. The molecular weight excluding hydrogens is 258 g/mol. The molecule has 104 valence electrons. The van der Waals surface area contributed by atoms with Gasteiger partial charge in [-0.3, -0.25) is 4.40 Å². The third-order valence-electron chi connectivity index (χ3n) is 2.94. The van der Waals surface area contributed by atoms with E-state index in [0.717, 1.165) is 25.0 Å². The van der Waals surface area contributed by atoms with Crippen LogP contribution in [0.25, 0.3) is 5.65 Å². The van der Waals surface area contributed by atoms with E-state index >= 15 is 0 Å². The number of aromatic nitrogens is 7. The number of pyridine rings is 1. The van der Waals surface area contributed by atoms with Crippen LogP contribution in [0.3, 0.4) is 0 Å². The standard InChI is InChI=1S/C12H15N7O/c1-2-3-8-19-11(14-16-17-19)9-20-12-15-13-10-6-4-5-7-18(10)12/h4-7H,2-3,8-9H2,1H3. The Kier molecular flexibility index (Phi) is 3.53. The Morgan fingerprint density at radius 1 is 1.20 bits per heavy atom. The third kappa shape index (κ3) is 2.44. The molecule has 8 nitrogen and oxygen atoms in total. The third-order valence-corrected chi connectivity index (χ3v) is 2.94. The van der Waals surface area contributed by atoms with Crippen molar-refractivity contribution in [1.82, 2.24) is 34.8 Å². The van der Waals surface area contributed by atoms with Gasteiger partial charge in [0.1, 0.15) is 0 Å². The van der Waals surface area contributed by atoms with E-state index in [2.05, 4.69) is 32.6 Å². The minimum Gasteiger partial charge on any atom is -0.455 e. The first-order valence-electron chi connectivity index (χ1n) is 6.56. The summed E-state index contributed by atoms with van der Waals surface area (Å²) in [5.41, 5.74) is 0.744. The first-order chi connectivity index (χ1) is 9.88. The Bertz CT molecular complexity index is 690. The first-order valence-corrected chi connectivity index (χ1v) is 6.56. The summed E-state index contributed by atoms with van der Waals surface area (Å²) in [5.74, 6) is 0.686. The van der Waals surface area contributed by atoms with E-state index in [1.165, 1.54) is 0 Å². The molecule has 3 rings (SSSR count). The monoisotopic (exact) mass is 273 g/mol. The second-order valence-corrected chi connectivity index (χ2v) is 4.37. The van der Waals surface area contributed by atoms with E-state index in [-0.39, 0.29) is 6.61 Å². The molecule has 3 aromatic rings. The number of nitrogens with zero attached hydrogens (tertiary/aromatic N) is 7. The van der Waals surface area contributed by atoms with Crippen molar-refractivity contribution in [1.29, 1.82) is 0 Å². The van der Waals surface area contributed by atoms with Gasteiger partial charge in [0, 0.05) is 12.7 Å². The second-order valence-electron chi connectivity index (χ2n) is 4.37. The van der Waals surface area contributed by atoms with Crippen LogP contribution in [0.5, 0.6) is 6.01 Å². The summed E-state index contributed by atoms with van der Waals surface area (Å²) in [5, 5.41) is 19.6. The smallest absolute Gasteiger partial charge is 0.321 e. The van der Waals surface area contributed by atoms with Crippen molar-refractivity contribution < 1.29 is 4.74 Å². The Hall–Kier alpha value is -2.51. The fourth-order valence-corrected chi connectivity index (χ4v) is 1.86. The molecule has 0 amide bonds. The van der Waals surface area contributed by atoms with Gasteiger partial charge in [-0.1, -0.05) is 24.5 Å². The lowest BCUT2D eigenvalue weighted by molar-refractivity contribution is 0.260. The summed E-state index contributed by atoms with van der Waals surface area (Å²) >= 11 is 0. The number of hydrogen-bond acceptors (Lipinski definition) is 6. The van der Waals surface area contributed by atoms with Crippen LogP contribution in [0, 0.1) is 0 Å². The van der Waals surface area contributed by atoms with Crippen molar-refractivity contribution in [2.24, 2.45) is 0 Å². The van der Waals surface area contributed by atoms with Gasteiger partial charge < -0.3 is 4.74 Å².